The topological polar surface area (TPSA) is 105 Å². The number of carbonyl (C=O) groups is 3. The average Bonchev–Trinajstić information content (AvgIpc) is 2.98. The van der Waals surface area contributed by atoms with Crippen molar-refractivity contribution in [3.63, 3.8) is 0 Å². The molecule has 1 heterocycles. The van der Waals surface area contributed by atoms with Crippen LogP contribution in [0.4, 0.5) is 17.3 Å². The maximum absolute atomic E-state index is 12.9. The second-order valence-corrected chi connectivity index (χ2v) is 6.69. The zero-order valence-electron chi connectivity index (χ0n) is 16.6. The fourth-order valence-electron chi connectivity index (χ4n) is 3.10. The molecule has 0 spiro atoms. The number of amides is 3. The van der Waals surface area contributed by atoms with Gasteiger partial charge in [-0.2, -0.15) is 0 Å². The van der Waals surface area contributed by atoms with Crippen molar-refractivity contribution in [2.75, 3.05) is 16.0 Å². The molecule has 0 saturated heterocycles. The number of carbonyl (C=O) groups excluding carboxylic acids is 3. The summed E-state index contributed by atoms with van der Waals surface area (Å²) in [5, 5.41) is 8.13. The number of hydrogen-bond donors (Lipinski definition) is 3. The second-order valence-electron chi connectivity index (χ2n) is 6.69. The van der Waals surface area contributed by atoms with Gasteiger partial charge in [0.1, 0.15) is 0 Å². The summed E-state index contributed by atoms with van der Waals surface area (Å²) in [6, 6.07) is 12.4. The fourth-order valence-corrected chi connectivity index (χ4v) is 3.10. The third kappa shape index (κ3) is 4.78. The SMILES string of the molecule is CCCn1c(NC(=O)c2cc(NC(C)=O)cc(NC(C)=O)c2)nc2ccccc21. The van der Waals surface area contributed by atoms with Crippen LogP contribution in [0.5, 0.6) is 0 Å². The molecule has 0 aliphatic rings. The van der Waals surface area contributed by atoms with Crippen molar-refractivity contribution in [2.24, 2.45) is 0 Å². The van der Waals surface area contributed by atoms with E-state index in [1.165, 1.54) is 13.8 Å². The monoisotopic (exact) mass is 393 g/mol. The summed E-state index contributed by atoms with van der Waals surface area (Å²) in [4.78, 5) is 40.3. The number of nitrogens with zero attached hydrogens (tertiary/aromatic N) is 2. The zero-order valence-corrected chi connectivity index (χ0v) is 16.6. The van der Waals surface area contributed by atoms with Crippen molar-refractivity contribution in [3.8, 4) is 0 Å². The first-order valence-corrected chi connectivity index (χ1v) is 9.34. The highest BCUT2D eigenvalue weighted by Crippen LogP contribution is 2.23. The van der Waals surface area contributed by atoms with Crippen LogP contribution in [-0.4, -0.2) is 27.3 Å². The van der Waals surface area contributed by atoms with E-state index >= 15 is 0 Å². The molecule has 29 heavy (non-hydrogen) atoms. The van der Waals surface area contributed by atoms with E-state index in [0.29, 0.717) is 23.9 Å². The molecule has 0 fully saturated rings. The molecule has 150 valence electrons. The van der Waals surface area contributed by atoms with Crippen LogP contribution >= 0.6 is 0 Å². The molecule has 1 aromatic heterocycles. The van der Waals surface area contributed by atoms with Crippen molar-refractivity contribution in [3.05, 3.63) is 48.0 Å². The van der Waals surface area contributed by atoms with Crippen LogP contribution in [0, 0.1) is 0 Å². The summed E-state index contributed by atoms with van der Waals surface area (Å²) in [6.45, 7) is 5.51. The van der Waals surface area contributed by atoms with Gasteiger partial charge in [0, 0.05) is 37.3 Å². The van der Waals surface area contributed by atoms with Gasteiger partial charge in [-0.25, -0.2) is 4.98 Å². The van der Waals surface area contributed by atoms with Gasteiger partial charge < -0.3 is 15.2 Å². The van der Waals surface area contributed by atoms with Crippen molar-refractivity contribution in [1.82, 2.24) is 9.55 Å². The molecule has 0 saturated carbocycles. The Hall–Kier alpha value is -3.68. The molecule has 8 heteroatoms. The fraction of sp³-hybridized carbons (Fsp3) is 0.238. The number of aryl methyl sites for hydroxylation is 1. The molecule has 0 aliphatic heterocycles. The van der Waals surface area contributed by atoms with Crippen LogP contribution in [0.1, 0.15) is 37.6 Å². The van der Waals surface area contributed by atoms with Crippen LogP contribution in [0.15, 0.2) is 42.5 Å². The van der Waals surface area contributed by atoms with Gasteiger partial charge in [-0.3, -0.25) is 19.7 Å². The molecule has 3 rings (SSSR count). The smallest absolute Gasteiger partial charge is 0.258 e. The third-order valence-corrected chi connectivity index (χ3v) is 4.16. The minimum atomic E-state index is -0.392. The van der Waals surface area contributed by atoms with Gasteiger partial charge in [0.25, 0.3) is 5.91 Å². The standard InChI is InChI=1S/C21H23N5O3/c1-4-9-26-19-8-6-5-7-18(19)24-21(26)25-20(29)15-10-16(22-13(2)27)12-17(11-15)23-14(3)28/h5-8,10-12H,4,9H2,1-3H3,(H,22,27)(H,23,28)(H,24,25,29). The highest BCUT2D eigenvalue weighted by molar-refractivity contribution is 6.06. The lowest BCUT2D eigenvalue weighted by Gasteiger charge is -2.12. The minimum Gasteiger partial charge on any atom is -0.326 e. The summed E-state index contributed by atoms with van der Waals surface area (Å²) in [7, 11) is 0. The molecule has 2 aromatic carbocycles. The Morgan fingerprint density at radius 2 is 1.55 bits per heavy atom. The summed E-state index contributed by atoms with van der Waals surface area (Å²) in [5.74, 6) is -0.498. The van der Waals surface area contributed by atoms with E-state index < -0.39 is 5.91 Å². The Labute approximate surface area is 168 Å². The van der Waals surface area contributed by atoms with Crippen LogP contribution in [-0.2, 0) is 16.1 Å². The van der Waals surface area contributed by atoms with Gasteiger partial charge in [0.2, 0.25) is 17.8 Å². The lowest BCUT2D eigenvalue weighted by molar-refractivity contribution is -0.115. The number of imidazole rings is 1. The first-order valence-electron chi connectivity index (χ1n) is 9.34. The quantitative estimate of drug-likeness (QED) is 0.595. The molecular weight excluding hydrogens is 370 g/mol. The molecule has 0 atom stereocenters. The van der Waals surface area contributed by atoms with Crippen molar-refractivity contribution < 1.29 is 14.4 Å². The largest absolute Gasteiger partial charge is 0.326 e. The molecule has 0 bridgehead atoms. The van der Waals surface area contributed by atoms with Gasteiger partial charge in [-0.05, 0) is 36.8 Å². The number of aromatic nitrogens is 2. The predicted octanol–water partition coefficient (Wildman–Crippen LogP) is 3.62. The summed E-state index contributed by atoms with van der Waals surface area (Å²) in [5.41, 5.74) is 2.85. The Bertz CT molecular complexity index is 1050. The van der Waals surface area contributed by atoms with Crippen LogP contribution in [0.2, 0.25) is 0 Å². The normalized spacial score (nSPS) is 10.6. The Morgan fingerprint density at radius 1 is 0.931 bits per heavy atom. The molecular formula is C21H23N5O3. The average molecular weight is 393 g/mol. The Morgan fingerprint density at radius 3 is 2.14 bits per heavy atom. The van der Waals surface area contributed by atoms with Crippen LogP contribution < -0.4 is 16.0 Å². The number of nitrogens with one attached hydrogen (secondary N) is 3. The molecule has 0 unspecified atom stereocenters. The van der Waals surface area contributed by atoms with Crippen molar-refractivity contribution in [1.29, 1.82) is 0 Å². The van der Waals surface area contributed by atoms with Gasteiger partial charge in [-0.15, -0.1) is 0 Å². The number of benzene rings is 2. The molecule has 0 aliphatic carbocycles. The van der Waals surface area contributed by atoms with E-state index in [9.17, 15) is 14.4 Å². The van der Waals surface area contributed by atoms with Crippen LogP contribution in [0.25, 0.3) is 11.0 Å². The van der Waals surface area contributed by atoms with Gasteiger partial charge in [0.15, 0.2) is 0 Å². The highest BCUT2D eigenvalue weighted by atomic mass is 16.2. The Kier molecular flexibility index (Phi) is 5.92. The van der Waals surface area contributed by atoms with E-state index in [1.54, 1.807) is 18.2 Å². The molecule has 3 N–H and O–H groups in total. The number of para-hydroxylation sites is 2. The highest BCUT2D eigenvalue weighted by Gasteiger charge is 2.16. The molecule has 3 amide bonds. The van der Waals surface area contributed by atoms with E-state index in [2.05, 4.69) is 27.9 Å². The second kappa shape index (κ2) is 8.55. The third-order valence-electron chi connectivity index (χ3n) is 4.16. The number of rotatable bonds is 6. The van der Waals surface area contributed by atoms with Gasteiger partial charge in [-0.1, -0.05) is 19.1 Å². The van der Waals surface area contributed by atoms with E-state index in [1.807, 2.05) is 28.8 Å². The van der Waals surface area contributed by atoms with E-state index in [4.69, 9.17) is 0 Å². The van der Waals surface area contributed by atoms with E-state index in [-0.39, 0.29) is 17.4 Å². The van der Waals surface area contributed by atoms with Crippen LogP contribution in [0.3, 0.4) is 0 Å². The summed E-state index contributed by atoms with van der Waals surface area (Å²) in [6.07, 6.45) is 0.883. The summed E-state index contributed by atoms with van der Waals surface area (Å²) >= 11 is 0. The van der Waals surface area contributed by atoms with E-state index in [0.717, 1.165) is 17.5 Å². The van der Waals surface area contributed by atoms with Crippen molar-refractivity contribution in [2.45, 2.75) is 33.7 Å². The number of hydrogen-bond acceptors (Lipinski definition) is 4. The lowest BCUT2D eigenvalue weighted by atomic mass is 10.1. The lowest BCUT2D eigenvalue weighted by Crippen LogP contribution is -2.17. The number of fused-ring (bicyclic) bond motifs is 1. The first kappa shape index (κ1) is 20.1. The minimum absolute atomic E-state index is 0.277. The molecule has 3 aromatic rings. The van der Waals surface area contributed by atoms with Gasteiger partial charge in [0.05, 0.1) is 11.0 Å². The summed E-state index contributed by atoms with van der Waals surface area (Å²) < 4.78 is 1.96. The number of anilines is 3. The molecule has 8 nitrogen and oxygen atoms in total. The maximum atomic E-state index is 12.9. The molecule has 0 radical (unpaired) electrons. The maximum Gasteiger partial charge on any atom is 0.258 e. The van der Waals surface area contributed by atoms with Crippen molar-refractivity contribution >= 4 is 46.1 Å². The van der Waals surface area contributed by atoms with Gasteiger partial charge >= 0.3 is 0 Å². The zero-order chi connectivity index (χ0) is 21.0. The Balaban J connectivity index is 1.96. The first-order chi connectivity index (χ1) is 13.9. The predicted molar refractivity (Wildman–Crippen MR) is 113 cm³/mol.